The summed E-state index contributed by atoms with van der Waals surface area (Å²) in [6.45, 7) is 7.83. The number of benzene rings is 3. The molecule has 7 nitrogen and oxygen atoms in total. The lowest BCUT2D eigenvalue weighted by atomic mass is 9.97. The quantitative estimate of drug-likeness (QED) is 0.337. The van der Waals surface area contributed by atoms with Gasteiger partial charge in [0.1, 0.15) is 0 Å². The summed E-state index contributed by atoms with van der Waals surface area (Å²) in [4.78, 5) is 22.4. The standard InChI is InChI=1S/C33H37N5O2/c1-24-7-2-5-11-30(24)32-35-31(40-36-32)23-37-17-6-10-29(22-37)33(39)34-19-25-12-14-26(15-13-25)20-38-18-16-27-8-3-4-9-28(27)21-38/h2-5,7-9,11-15,29H,6,10,16-23H2,1H3,(H,34,39). The van der Waals surface area contributed by atoms with Crippen molar-refractivity contribution in [2.45, 2.75) is 52.4 Å². The van der Waals surface area contributed by atoms with Crippen molar-refractivity contribution in [3.05, 3.63) is 107 Å². The number of fused-ring (bicyclic) bond motifs is 1. The maximum atomic E-state index is 13.0. The second-order valence-corrected chi connectivity index (χ2v) is 11.2. The van der Waals surface area contributed by atoms with Gasteiger partial charge in [-0.3, -0.25) is 14.6 Å². The van der Waals surface area contributed by atoms with E-state index in [1.807, 2.05) is 31.2 Å². The van der Waals surface area contributed by atoms with E-state index >= 15 is 0 Å². The van der Waals surface area contributed by atoms with Crippen molar-refractivity contribution in [1.82, 2.24) is 25.3 Å². The average molecular weight is 536 g/mol. The summed E-state index contributed by atoms with van der Waals surface area (Å²) < 4.78 is 5.54. The number of amides is 1. The van der Waals surface area contributed by atoms with E-state index in [9.17, 15) is 4.79 Å². The predicted molar refractivity (Wildman–Crippen MR) is 155 cm³/mol. The molecule has 0 aliphatic carbocycles. The number of rotatable bonds is 8. The Morgan fingerprint density at radius 2 is 1.70 bits per heavy atom. The Hall–Kier alpha value is -3.81. The van der Waals surface area contributed by atoms with Crippen molar-refractivity contribution in [3.8, 4) is 11.4 Å². The number of nitrogens with one attached hydrogen (secondary N) is 1. The van der Waals surface area contributed by atoms with Crippen molar-refractivity contribution in [3.63, 3.8) is 0 Å². The largest absolute Gasteiger partial charge is 0.352 e. The van der Waals surface area contributed by atoms with Crippen LogP contribution in [-0.4, -0.2) is 45.5 Å². The van der Waals surface area contributed by atoms with E-state index in [0.29, 0.717) is 31.3 Å². The monoisotopic (exact) mass is 535 g/mol. The molecule has 0 radical (unpaired) electrons. The van der Waals surface area contributed by atoms with Gasteiger partial charge in [0.15, 0.2) is 0 Å². The van der Waals surface area contributed by atoms with Gasteiger partial charge in [-0.1, -0.05) is 78.0 Å². The van der Waals surface area contributed by atoms with E-state index in [0.717, 1.165) is 62.1 Å². The number of piperidine rings is 1. The third-order valence-electron chi connectivity index (χ3n) is 8.19. The summed E-state index contributed by atoms with van der Waals surface area (Å²) in [5.41, 5.74) is 7.46. The molecule has 40 heavy (non-hydrogen) atoms. The topological polar surface area (TPSA) is 74.5 Å². The van der Waals surface area contributed by atoms with Gasteiger partial charge in [-0.15, -0.1) is 0 Å². The summed E-state index contributed by atoms with van der Waals surface area (Å²) in [6.07, 6.45) is 2.99. The molecule has 1 atom stereocenters. The van der Waals surface area contributed by atoms with Gasteiger partial charge in [-0.2, -0.15) is 4.98 Å². The van der Waals surface area contributed by atoms with E-state index < -0.39 is 0 Å². The minimum absolute atomic E-state index is 0.0336. The Labute approximate surface area is 236 Å². The van der Waals surface area contributed by atoms with Crippen LogP contribution in [-0.2, 0) is 37.4 Å². The molecule has 1 unspecified atom stereocenters. The summed E-state index contributed by atoms with van der Waals surface area (Å²) in [7, 11) is 0. The Balaban J connectivity index is 0.972. The summed E-state index contributed by atoms with van der Waals surface area (Å²) in [5, 5.41) is 7.35. The van der Waals surface area contributed by atoms with E-state index in [4.69, 9.17) is 4.52 Å². The van der Waals surface area contributed by atoms with Crippen LogP contribution in [0.4, 0.5) is 0 Å². The van der Waals surface area contributed by atoms with Crippen LogP contribution in [0.2, 0.25) is 0 Å². The average Bonchev–Trinajstić information content (AvgIpc) is 3.45. The number of carbonyl (C=O) groups excluding carboxylic acids is 1. The molecule has 0 spiro atoms. The fraction of sp³-hybridized carbons (Fsp3) is 0.364. The molecule has 4 aromatic rings. The molecule has 3 aromatic carbocycles. The van der Waals surface area contributed by atoms with Crippen LogP contribution >= 0.6 is 0 Å². The van der Waals surface area contributed by atoms with E-state index in [-0.39, 0.29) is 11.8 Å². The predicted octanol–water partition coefficient (Wildman–Crippen LogP) is 5.13. The maximum Gasteiger partial charge on any atom is 0.241 e. The van der Waals surface area contributed by atoms with Gasteiger partial charge >= 0.3 is 0 Å². The minimum atomic E-state index is -0.0336. The summed E-state index contributed by atoms with van der Waals surface area (Å²) >= 11 is 0. The second-order valence-electron chi connectivity index (χ2n) is 11.2. The molecule has 7 heteroatoms. The molecule has 0 bridgehead atoms. The first-order chi connectivity index (χ1) is 19.6. The number of aryl methyl sites for hydroxylation is 1. The Kier molecular flexibility index (Phi) is 8.02. The number of likely N-dealkylation sites (tertiary alicyclic amines) is 1. The highest BCUT2D eigenvalue weighted by Crippen LogP contribution is 2.23. The van der Waals surface area contributed by atoms with E-state index in [1.54, 1.807) is 0 Å². The van der Waals surface area contributed by atoms with Crippen molar-refractivity contribution in [1.29, 1.82) is 0 Å². The number of hydrogen-bond acceptors (Lipinski definition) is 6. The molecular formula is C33H37N5O2. The summed E-state index contributed by atoms with van der Waals surface area (Å²) in [5.74, 6) is 1.29. The molecule has 6 rings (SSSR count). The smallest absolute Gasteiger partial charge is 0.241 e. The SMILES string of the molecule is Cc1ccccc1-c1noc(CN2CCCC(C(=O)NCc3ccc(CN4CCc5ccccc5C4)cc3)C2)n1. The highest BCUT2D eigenvalue weighted by atomic mass is 16.5. The van der Waals surface area contributed by atoms with Crippen LogP contribution in [0.3, 0.4) is 0 Å². The first kappa shape index (κ1) is 26.4. The van der Waals surface area contributed by atoms with Crippen LogP contribution in [0, 0.1) is 12.8 Å². The fourth-order valence-corrected chi connectivity index (χ4v) is 5.90. The lowest BCUT2D eigenvalue weighted by Gasteiger charge is -2.30. The third kappa shape index (κ3) is 6.32. The van der Waals surface area contributed by atoms with Crippen molar-refractivity contribution in [2.75, 3.05) is 19.6 Å². The summed E-state index contributed by atoms with van der Waals surface area (Å²) in [6, 6.07) is 25.5. The van der Waals surface area contributed by atoms with Crippen LogP contribution in [0.15, 0.2) is 77.3 Å². The molecule has 0 saturated carbocycles. The molecule has 1 fully saturated rings. The van der Waals surface area contributed by atoms with E-state index in [1.165, 1.54) is 16.7 Å². The zero-order valence-electron chi connectivity index (χ0n) is 23.2. The van der Waals surface area contributed by atoms with E-state index in [2.05, 4.69) is 73.8 Å². The Morgan fingerprint density at radius 3 is 2.55 bits per heavy atom. The highest BCUT2D eigenvalue weighted by molar-refractivity contribution is 5.79. The molecule has 1 amide bonds. The molecule has 1 aromatic heterocycles. The Morgan fingerprint density at radius 1 is 0.925 bits per heavy atom. The highest BCUT2D eigenvalue weighted by Gasteiger charge is 2.27. The van der Waals surface area contributed by atoms with Gasteiger partial charge in [-0.25, -0.2) is 0 Å². The first-order valence-corrected chi connectivity index (χ1v) is 14.4. The fourth-order valence-electron chi connectivity index (χ4n) is 5.90. The van der Waals surface area contributed by atoms with Crippen LogP contribution in [0.25, 0.3) is 11.4 Å². The molecule has 2 aliphatic rings. The number of nitrogens with zero attached hydrogens (tertiary/aromatic N) is 4. The molecule has 2 aliphatic heterocycles. The lowest BCUT2D eigenvalue weighted by Crippen LogP contribution is -2.42. The van der Waals surface area contributed by atoms with Crippen molar-refractivity contribution >= 4 is 5.91 Å². The minimum Gasteiger partial charge on any atom is -0.352 e. The maximum absolute atomic E-state index is 13.0. The van der Waals surface area contributed by atoms with Crippen LogP contribution < -0.4 is 5.32 Å². The zero-order chi connectivity index (χ0) is 27.3. The van der Waals surface area contributed by atoms with Crippen LogP contribution in [0.5, 0.6) is 0 Å². The molecule has 206 valence electrons. The van der Waals surface area contributed by atoms with Gasteiger partial charge in [0, 0.05) is 38.3 Å². The van der Waals surface area contributed by atoms with Gasteiger partial charge in [0.05, 0.1) is 12.5 Å². The van der Waals surface area contributed by atoms with Crippen molar-refractivity contribution < 1.29 is 9.32 Å². The normalized spacial score (nSPS) is 17.9. The number of hydrogen-bond donors (Lipinski definition) is 1. The molecule has 3 heterocycles. The van der Waals surface area contributed by atoms with Crippen molar-refractivity contribution in [2.24, 2.45) is 5.92 Å². The Bertz CT molecular complexity index is 1450. The van der Waals surface area contributed by atoms with Gasteiger partial charge in [-0.05, 0) is 60.5 Å². The van der Waals surface area contributed by atoms with Crippen LogP contribution in [0.1, 0.15) is 46.5 Å². The molecule has 1 saturated heterocycles. The molecule has 1 N–H and O–H groups in total. The third-order valence-corrected chi connectivity index (χ3v) is 8.19. The van der Waals surface area contributed by atoms with Gasteiger partial charge in [0.25, 0.3) is 0 Å². The zero-order valence-corrected chi connectivity index (χ0v) is 23.2. The lowest BCUT2D eigenvalue weighted by molar-refractivity contribution is -0.127. The first-order valence-electron chi connectivity index (χ1n) is 14.4. The molecular weight excluding hydrogens is 498 g/mol. The van der Waals surface area contributed by atoms with Gasteiger partial charge < -0.3 is 9.84 Å². The van der Waals surface area contributed by atoms with Gasteiger partial charge in [0.2, 0.25) is 17.6 Å². The number of aromatic nitrogens is 2. The second kappa shape index (κ2) is 12.1. The number of carbonyl (C=O) groups is 1.